The molecule has 0 aliphatic heterocycles. The predicted molar refractivity (Wildman–Crippen MR) is 128 cm³/mol. The summed E-state index contributed by atoms with van der Waals surface area (Å²) in [5.74, 6) is -0.641. The van der Waals surface area contributed by atoms with Gasteiger partial charge in [-0.25, -0.2) is 13.2 Å². The molecule has 1 aromatic carbocycles. The number of hydrogen-bond donors (Lipinski definition) is 1. The van der Waals surface area contributed by atoms with E-state index in [4.69, 9.17) is 4.74 Å². The fraction of sp³-hybridized carbons (Fsp3) is 0.478. The molecule has 1 N–H and O–H groups in total. The number of carbonyl (C=O) groups is 2. The zero-order valence-corrected chi connectivity index (χ0v) is 20.4. The molecule has 0 radical (unpaired) electrons. The van der Waals surface area contributed by atoms with E-state index in [1.54, 1.807) is 19.1 Å². The first-order chi connectivity index (χ1) is 15.2. The third-order valence-electron chi connectivity index (χ3n) is 5.45. The molecule has 1 amide bonds. The number of para-hydroxylation sites is 1. The van der Waals surface area contributed by atoms with Crippen LogP contribution in [-0.2, 0) is 32.4 Å². The predicted octanol–water partition coefficient (Wildman–Crippen LogP) is 4.30. The molecule has 1 heterocycles. The van der Waals surface area contributed by atoms with Gasteiger partial charge in [-0.1, -0.05) is 18.2 Å². The molecule has 1 aliphatic carbocycles. The van der Waals surface area contributed by atoms with Gasteiger partial charge in [0, 0.05) is 17.8 Å². The second-order valence-corrected chi connectivity index (χ2v) is 10.9. The molecule has 0 saturated carbocycles. The van der Waals surface area contributed by atoms with E-state index in [0.717, 1.165) is 41.7 Å². The average Bonchev–Trinajstić information content (AvgIpc) is 3.09. The Kier molecular flexibility index (Phi) is 7.95. The van der Waals surface area contributed by atoms with E-state index >= 15 is 0 Å². The van der Waals surface area contributed by atoms with E-state index < -0.39 is 16.0 Å². The van der Waals surface area contributed by atoms with Crippen molar-refractivity contribution in [3.63, 3.8) is 0 Å². The number of thiophene rings is 1. The Morgan fingerprint density at radius 1 is 1.19 bits per heavy atom. The van der Waals surface area contributed by atoms with Gasteiger partial charge in [-0.05, 0) is 63.1 Å². The first kappa shape index (κ1) is 24.3. The summed E-state index contributed by atoms with van der Waals surface area (Å²) in [4.78, 5) is 26.3. The molecule has 9 heteroatoms. The standard InChI is InChI=1S/C23H30N2O5S2/c1-4-30-23(27)21-17-11-6-8-13-19(17)31-22(21)24-20(26)14-9-15-25(32(3,28)29)18-12-7-5-10-16(18)2/h5,7,10,12H,4,6,8-9,11,13-15H2,1-3H3,(H,24,26). The number of hydrogen-bond acceptors (Lipinski definition) is 6. The number of ether oxygens (including phenoxy) is 1. The fourth-order valence-electron chi connectivity index (χ4n) is 3.95. The van der Waals surface area contributed by atoms with Crippen LogP contribution in [0.1, 0.15) is 59.0 Å². The van der Waals surface area contributed by atoms with Crippen LogP contribution in [0.25, 0.3) is 0 Å². The van der Waals surface area contributed by atoms with Gasteiger partial charge in [0.05, 0.1) is 24.1 Å². The van der Waals surface area contributed by atoms with Crippen molar-refractivity contribution in [3.8, 4) is 0 Å². The summed E-state index contributed by atoms with van der Waals surface area (Å²) in [6, 6.07) is 7.27. The Labute approximate surface area is 193 Å². The van der Waals surface area contributed by atoms with E-state index in [2.05, 4.69) is 5.32 Å². The zero-order valence-electron chi connectivity index (χ0n) is 18.8. The van der Waals surface area contributed by atoms with Crippen molar-refractivity contribution >= 4 is 43.9 Å². The maximum atomic E-state index is 12.7. The molecular weight excluding hydrogens is 448 g/mol. The second kappa shape index (κ2) is 10.5. The van der Waals surface area contributed by atoms with Crippen LogP contribution in [0, 0.1) is 6.92 Å². The van der Waals surface area contributed by atoms with Crippen molar-refractivity contribution in [2.75, 3.05) is 29.0 Å². The van der Waals surface area contributed by atoms with Gasteiger partial charge >= 0.3 is 5.97 Å². The lowest BCUT2D eigenvalue weighted by Crippen LogP contribution is -2.32. The summed E-state index contributed by atoms with van der Waals surface area (Å²) in [6.45, 7) is 4.09. The van der Waals surface area contributed by atoms with Crippen molar-refractivity contribution in [2.24, 2.45) is 0 Å². The van der Waals surface area contributed by atoms with Gasteiger partial charge in [-0.15, -0.1) is 11.3 Å². The van der Waals surface area contributed by atoms with Crippen molar-refractivity contribution in [2.45, 2.75) is 52.4 Å². The van der Waals surface area contributed by atoms with E-state index in [1.807, 2.05) is 19.1 Å². The van der Waals surface area contributed by atoms with Gasteiger partial charge in [-0.3, -0.25) is 9.10 Å². The molecule has 1 aromatic heterocycles. The molecule has 3 rings (SSSR count). The number of fused-ring (bicyclic) bond motifs is 1. The maximum Gasteiger partial charge on any atom is 0.341 e. The molecule has 0 fully saturated rings. The number of nitrogens with one attached hydrogen (secondary N) is 1. The highest BCUT2D eigenvalue weighted by Crippen LogP contribution is 2.38. The Balaban J connectivity index is 1.69. The second-order valence-electron chi connectivity index (χ2n) is 7.91. The van der Waals surface area contributed by atoms with Crippen LogP contribution in [0.3, 0.4) is 0 Å². The van der Waals surface area contributed by atoms with Gasteiger partial charge in [0.15, 0.2) is 0 Å². The lowest BCUT2D eigenvalue weighted by atomic mass is 9.95. The van der Waals surface area contributed by atoms with Crippen LogP contribution in [0.4, 0.5) is 10.7 Å². The number of benzene rings is 1. The number of rotatable bonds is 9. The van der Waals surface area contributed by atoms with Crippen LogP contribution in [0.15, 0.2) is 24.3 Å². The van der Waals surface area contributed by atoms with Crippen LogP contribution in [0.5, 0.6) is 0 Å². The molecule has 174 valence electrons. The first-order valence-electron chi connectivity index (χ1n) is 10.9. The van der Waals surface area contributed by atoms with E-state index in [9.17, 15) is 18.0 Å². The Morgan fingerprint density at radius 2 is 1.91 bits per heavy atom. The Hall–Kier alpha value is -2.39. The summed E-state index contributed by atoms with van der Waals surface area (Å²) in [5, 5.41) is 3.42. The summed E-state index contributed by atoms with van der Waals surface area (Å²) in [6.07, 6.45) is 5.47. The fourth-order valence-corrected chi connectivity index (χ4v) is 6.27. The molecular formula is C23H30N2O5S2. The van der Waals surface area contributed by atoms with Crippen LogP contribution in [-0.4, -0.2) is 39.7 Å². The maximum absolute atomic E-state index is 12.7. The molecule has 0 saturated heterocycles. The highest BCUT2D eigenvalue weighted by molar-refractivity contribution is 7.92. The number of esters is 1. The minimum absolute atomic E-state index is 0.142. The molecule has 2 aromatic rings. The third kappa shape index (κ3) is 5.69. The van der Waals surface area contributed by atoms with Crippen LogP contribution >= 0.6 is 11.3 Å². The first-order valence-corrected chi connectivity index (χ1v) is 13.5. The average molecular weight is 479 g/mol. The normalized spacial score (nSPS) is 13.3. The largest absolute Gasteiger partial charge is 0.462 e. The molecule has 7 nitrogen and oxygen atoms in total. The molecule has 0 bridgehead atoms. The molecule has 0 spiro atoms. The van der Waals surface area contributed by atoms with E-state index in [0.29, 0.717) is 22.7 Å². The highest BCUT2D eigenvalue weighted by Gasteiger charge is 2.27. The number of carbonyl (C=O) groups excluding carboxylic acids is 2. The SMILES string of the molecule is CCOC(=O)c1c(NC(=O)CCCN(c2ccccc2C)S(C)(=O)=O)sc2c1CCCC2. The van der Waals surface area contributed by atoms with E-state index in [-0.39, 0.29) is 25.5 Å². The van der Waals surface area contributed by atoms with Crippen molar-refractivity contribution in [1.29, 1.82) is 0 Å². The van der Waals surface area contributed by atoms with E-state index in [1.165, 1.54) is 21.9 Å². The minimum atomic E-state index is -3.48. The summed E-state index contributed by atoms with van der Waals surface area (Å²) in [7, 11) is -3.48. The lowest BCUT2D eigenvalue weighted by molar-refractivity contribution is -0.116. The number of sulfonamides is 1. The number of aryl methyl sites for hydroxylation is 2. The summed E-state index contributed by atoms with van der Waals surface area (Å²) in [5.41, 5.74) is 2.95. The van der Waals surface area contributed by atoms with Gasteiger partial charge < -0.3 is 10.1 Å². The monoisotopic (exact) mass is 478 g/mol. The van der Waals surface area contributed by atoms with Crippen LogP contribution in [0.2, 0.25) is 0 Å². The third-order valence-corrected chi connectivity index (χ3v) is 7.84. The van der Waals surface area contributed by atoms with Crippen LogP contribution < -0.4 is 9.62 Å². The molecule has 0 atom stereocenters. The summed E-state index contributed by atoms with van der Waals surface area (Å²) < 4.78 is 31.2. The Morgan fingerprint density at radius 3 is 2.59 bits per heavy atom. The van der Waals surface area contributed by atoms with Gasteiger partial charge in [-0.2, -0.15) is 0 Å². The van der Waals surface area contributed by atoms with Crippen molar-refractivity contribution in [3.05, 3.63) is 45.8 Å². The quantitative estimate of drug-likeness (QED) is 0.543. The lowest BCUT2D eigenvalue weighted by Gasteiger charge is -2.24. The highest BCUT2D eigenvalue weighted by atomic mass is 32.2. The Bertz CT molecular complexity index is 1090. The molecule has 1 aliphatic rings. The molecule has 0 unspecified atom stereocenters. The number of nitrogens with zero attached hydrogens (tertiary/aromatic N) is 1. The molecule has 32 heavy (non-hydrogen) atoms. The van der Waals surface area contributed by atoms with Gasteiger partial charge in [0.25, 0.3) is 0 Å². The smallest absolute Gasteiger partial charge is 0.341 e. The number of anilines is 2. The number of amides is 1. The minimum Gasteiger partial charge on any atom is -0.462 e. The van der Waals surface area contributed by atoms with Gasteiger partial charge in [0.2, 0.25) is 15.9 Å². The van der Waals surface area contributed by atoms with Crippen molar-refractivity contribution < 1.29 is 22.7 Å². The zero-order chi connectivity index (χ0) is 23.3. The summed E-state index contributed by atoms with van der Waals surface area (Å²) >= 11 is 1.45. The topological polar surface area (TPSA) is 92.8 Å². The van der Waals surface area contributed by atoms with Gasteiger partial charge in [0.1, 0.15) is 5.00 Å². The van der Waals surface area contributed by atoms with Crippen molar-refractivity contribution in [1.82, 2.24) is 0 Å².